The Morgan fingerprint density at radius 1 is 1.38 bits per heavy atom. The first-order valence-corrected chi connectivity index (χ1v) is 5.92. The molecule has 1 aromatic carbocycles. The molecule has 0 aliphatic rings. The number of nitrogens with zero attached hydrogens (tertiary/aromatic N) is 1. The van der Waals surface area contributed by atoms with Crippen LogP contribution in [0.1, 0.15) is 17.3 Å². The lowest BCUT2D eigenvalue weighted by atomic mass is 10.1. The molecule has 21 heavy (non-hydrogen) atoms. The van der Waals surface area contributed by atoms with Gasteiger partial charge in [0.15, 0.2) is 5.78 Å². The molecule has 0 spiro atoms. The van der Waals surface area contributed by atoms with E-state index in [1.807, 2.05) is 0 Å². The fourth-order valence-corrected chi connectivity index (χ4v) is 1.38. The third kappa shape index (κ3) is 5.16. The van der Waals surface area contributed by atoms with Crippen molar-refractivity contribution < 1.29 is 19.5 Å². The van der Waals surface area contributed by atoms with E-state index in [2.05, 4.69) is 10.6 Å². The zero-order valence-corrected chi connectivity index (χ0v) is 11.2. The Morgan fingerprint density at radius 3 is 2.67 bits per heavy atom. The predicted octanol–water partition coefficient (Wildman–Crippen LogP) is 0.909. The van der Waals surface area contributed by atoms with Gasteiger partial charge in [-0.1, -0.05) is 12.1 Å². The van der Waals surface area contributed by atoms with Crippen LogP contribution in [0.4, 0.5) is 5.69 Å². The maximum absolute atomic E-state index is 11.5. The first kappa shape index (κ1) is 15.9. The molecule has 1 rings (SSSR count). The Kier molecular flexibility index (Phi) is 5.65. The Labute approximate surface area is 120 Å². The van der Waals surface area contributed by atoms with Gasteiger partial charge in [-0.25, -0.2) is 0 Å². The number of carbonyl (C=O) groups excluding carboxylic acids is 2. The van der Waals surface area contributed by atoms with Crippen molar-refractivity contribution in [2.75, 3.05) is 11.9 Å². The number of ketones is 1. The van der Waals surface area contributed by atoms with Crippen LogP contribution in [0, 0.1) is 11.3 Å². The molecular weight excluding hydrogens is 274 g/mol. The summed E-state index contributed by atoms with van der Waals surface area (Å²) in [7, 11) is 0. The minimum Gasteiger partial charge on any atom is -0.480 e. The zero-order valence-electron chi connectivity index (χ0n) is 11.2. The molecule has 0 fully saturated rings. The molecule has 0 saturated carbocycles. The van der Waals surface area contributed by atoms with Gasteiger partial charge in [0.05, 0.1) is 0 Å². The lowest BCUT2D eigenvalue weighted by molar-refractivity contribution is -0.137. The van der Waals surface area contributed by atoms with Crippen molar-refractivity contribution in [1.82, 2.24) is 5.32 Å². The first-order valence-electron chi connectivity index (χ1n) is 5.92. The number of hydrogen-bond acceptors (Lipinski definition) is 5. The second kappa shape index (κ2) is 7.45. The van der Waals surface area contributed by atoms with Gasteiger partial charge in [-0.3, -0.25) is 14.4 Å². The summed E-state index contributed by atoms with van der Waals surface area (Å²) in [6.45, 7) is 0.854. The van der Waals surface area contributed by atoms with Crippen molar-refractivity contribution in [3.8, 4) is 6.07 Å². The van der Waals surface area contributed by atoms with Gasteiger partial charge in [0.25, 0.3) is 5.91 Å². The number of carboxylic acid groups (broad SMARTS) is 1. The average Bonchev–Trinajstić information content (AvgIpc) is 2.46. The van der Waals surface area contributed by atoms with Crippen LogP contribution in [0.5, 0.6) is 0 Å². The van der Waals surface area contributed by atoms with Gasteiger partial charge < -0.3 is 15.7 Å². The van der Waals surface area contributed by atoms with Crippen LogP contribution in [0.25, 0.3) is 0 Å². The molecule has 0 atom stereocenters. The zero-order chi connectivity index (χ0) is 15.8. The smallest absolute Gasteiger partial charge is 0.322 e. The molecule has 0 aliphatic carbocycles. The highest BCUT2D eigenvalue weighted by molar-refractivity contribution is 5.99. The lowest BCUT2D eigenvalue weighted by Crippen LogP contribution is -2.30. The summed E-state index contributed by atoms with van der Waals surface area (Å²) in [5, 5.41) is 22.1. The van der Waals surface area contributed by atoms with Gasteiger partial charge in [0.2, 0.25) is 0 Å². The van der Waals surface area contributed by atoms with E-state index in [1.165, 1.54) is 6.92 Å². The number of rotatable bonds is 6. The molecule has 3 N–H and O–H groups in total. The highest BCUT2D eigenvalue weighted by atomic mass is 16.4. The summed E-state index contributed by atoms with van der Waals surface area (Å²) >= 11 is 0. The number of carboxylic acids is 1. The van der Waals surface area contributed by atoms with Gasteiger partial charge in [-0.05, 0) is 19.1 Å². The Balaban J connectivity index is 2.79. The third-order valence-electron chi connectivity index (χ3n) is 2.42. The van der Waals surface area contributed by atoms with E-state index in [4.69, 9.17) is 10.4 Å². The lowest BCUT2D eigenvalue weighted by Gasteiger charge is -2.04. The van der Waals surface area contributed by atoms with Crippen molar-refractivity contribution in [2.45, 2.75) is 6.92 Å². The number of anilines is 1. The van der Waals surface area contributed by atoms with Crippen LogP contribution in [-0.2, 0) is 9.59 Å². The molecule has 0 radical (unpaired) electrons. The number of nitriles is 1. The van der Waals surface area contributed by atoms with Crippen molar-refractivity contribution >= 4 is 23.3 Å². The second-order valence-corrected chi connectivity index (χ2v) is 4.03. The molecule has 0 aromatic heterocycles. The average molecular weight is 287 g/mol. The fraction of sp³-hybridized carbons (Fsp3) is 0.143. The number of benzene rings is 1. The number of aliphatic carboxylic acids is 1. The SMILES string of the molecule is CC(=O)c1cccc(N/C=C(/C#N)C(=O)NCC(=O)O)c1. The fourth-order valence-electron chi connectivity index (χ4n) is 1.38. The van der Waals surface area contributed by atoms with Crippen molar-refractivity contribution in [3.05, 3.63) is 41.6 Å². The number of carbonyl (C=O) groups is 3. The first-order chi connectivity index (χ1) is 9.93. The molecule has 0 bridgehead atoms. The molecule has 7 heteroatoms. The van der Waals surface area contributed by atoms with E-state index in [1.54, 1.807) is 30.3 Å². The second-order valence-electron chi connectivity index (χ2n) is 4.03. The third-order valence-corrected chi connectivity index (χ3v) is 2.42. The van der Waals surface area contributed by atoms with Crippen LogP contribution in [0.2, 0.25) is 0 Å². The minimum atomic E-state index is -1.21. The van der Waals surface area contributed by atoms with E-state index >= 15 is 0 Å². The van der Waals surface area contributed by atoms with Crippen LogP contribution >= 0.6 is 0 Å². The monoisotopic (exact) mass is 287 g/mol. The topological polar surface area (TPSA) is 119 Å². The van der Waals surface area contributed by atoms with E-state index in [9.17, 15) is 14.4 Å². The van der Waals surface area contributed by atoms with Crippen LogP contribution in [0.15, 0.2) is 36.0 Å². The Bertz CT molecular complexity index is 644. The van der Waals surface area contributed by atoms with Gasteiger partial charge in [-0.2, -0.15) is 5.26 Å². The molecule has 0 unspecified atom stereocenters. The van der Waals surface area contributed by atoms with E-state index < -0.39 is 18.4 Å². The Morgan fingerprint density at radius 2 is 2.10 bits per heavy atom. The number of hydrogen-bond donors (Lipinski definition) is 3. The maximum atomic E-state index is 11.5. The summed E-state index contributed by atoms with van der Waals surface area (Å²) in [6.07, 6.45) is 1.15. The van der Waals surface area contributed by atoms with Gasteiger partial charge in [-0.15, -0.1) is 0 Å². The summed E-state index contributed by atoms with van der Waals surface area (Å²) < 4.78 is 0. The standard InChI is InChI=1S/C14H13N3O4/c1-9(18)10-3-2-4-12(5-10)16-7-11(6-15)14(21)17-8-13(19)20/h2-5,7,16H,8H2,1H3,(H,17,21)(H,19,20)/b11-7-. The van der Waals surface area contributed by atoms with E-state index in [0.29, 0.717) is 11.3 Å². The van der Waals surface area contributed by atoms with Crippen LogP contribution in [0.3, 0.4) is 0 Å². The Hall–Kier alpha value is -3.14. The normalized spacial score (nSPS) is 10.4. The largest absolute Gasteiger partial charge is 0.480 e. The molecular formula is C14H13N3O4. The van der Waals surface area contributed by atoms with Crippen LogP contribution < -0.4 is 10.6 Å². The quantitative estimate of drug-likeness (QED) is 0.406. The molecule has 1 aromatic rings. The van der Waals surface area contributed by atoms with E-state index in [0.717, 1.165) is 6.20 Å². The van der Waals surface area contributed by atoms with Gasteiger partial charge >= 0.3 is 5.97 Å². The molecule has 7 nitrogen and oxygen atoms in total. The molecule has 0 saturated heterocycles. The van der Waals surface area contributed by atoms with Gasteiger partial charge in [0.1, 0.15) is 18.2 Å². The maximum Gasteiger partial charge on any atom is 0.322 e. The van der Waals surface area contributed by atoms with E-state index in [-0.39, 0.29) is 11.4 Å². The highest BCUT2D eigenvalue weighted by Gasteiger charge is 2.09. The highest BCUT2D eigenvalue weighted by Crippen LogP contribution is 2.11. The molecule has 0 heterocycles. The van der Waals surface area contributed by atoms with Crippen molar-refractivity contribution in [3.63, 3.8) is 0 Å². The number of nitrogens with one attached hydrogen (secondary N) is 2. The summed E-state index contributed by atoms with van der Waals surface area (Å²) in [6, 6.07) is 8.19. The number of Topliss-reactive ketones (excluding diaryl/α,β-unsaturated/α-hetero) is 1. The number of amides is 1. The predicted molar refractivity (Wildman–Crippen MR) is 74.4 cm³/mol. The van der Waals surface area contributed by atoms with Crippen LogP contribution in [-0.4, -0.2) is 29.3 Å². The van der Waals surface area contributed by atoms with Crippen molar-refractivity contribution in [2.24, 2.45) is 0 Å². The molecule has 108 valence electrons. The summed E-state index contributed by atoms with van der Waals surface area (Å²) in [4.78, 5) is 33.1. The minimum absolute atomic E-state index is 0.109. The van der Waals surface area contributed by atoms with Gasteiger partial charge in [0, 0.05) is 17.5 Å². The molecule has 1 amide bonds. The summed E-state index contributed by atoms with van der Waals surface area (Å²) in [5.74, 6) is -2.11. The summed E-state index contributed by atoms with van der Waals surface area (Å²) in [5.41, 5.74) is 0.744. The molecule has 0 aliphatic heterocycles. The van der Waals surface area contributed by atoms with Crippen molar-refractivity contribution in [1.29, 1.82) is 5.26 Å².